The highest BCUT2D eigenvalue weighted by atomic mass is 16.3. The van der Waals surface area contributed by atoms with Crippen molar-refractivity contribution < 1.29 is 4.42 Å². The molecule has 3 N–H and O–H groups in total. The van der Waals surface area contributed by atoms with Gasteiger partial charge in [0.25, 0.3) is 0 Å². The Morgan fingerprint density at radius 1 is 1.57 bits per heavy atom. The predicted molar refractivity (Wildman–Crippen MR) is 56.1 cm³/mol. The van der Waals surface area contributed by atoms with Crippen LogP contribution in [-0.2, 0) is 0 Å². The van der Waals surface area contributed by atoms with Crippen LogP contribution in [0.25, 0.3) is 11.1 Å². The van der Waals surface area contributed by atoms with E-state index in [1.54, 1.807) is 0 Å². The molecule has 0 amide bonds. The summed E-state index contributed by atoms with van der Waals surface area (Å²) in [4.78, 5) is 4.04. The van der Waals surface area contributed by atoms with Crippen LogP contribution in [0.1, 0.15) is 6.92 Å². The first-order valence-corrected chi connectivity index (χ1v) is 4.58. The third-order valence-corrected chi connectivity index (χ3v) is 1.96. The van der Waals surface area contributed by atoms with Crippen molar-refractivity contribution in [2.45, 2.75) is 13.0 Å². The van der Waals surface area contributed by atoms with E-state index in [4.69, 9.17) is 10.2 Å². The molecule has 0 fully saturated rings. The Bertz CT molecular complexity index is 422. The van der Waals surface area contributed by atoms with E-state index in [9.17, 15) is 0 Å². The van der Waals surface area contributed by atoms with Crippen LogP contribution < -0.4 is 11.1 Å². The minimum Gasteiger partial charge on any atom is -0.443 e. The minimum atomic E-state index is 0.139. The summed E-state index contributed by atoms with van der Waals surface area (Å²) < 4.78 is 5.18. The molecule has 0 bridgehead atoms. The van der Waals surface area contributed by atoms with Crippen molar-refractivity contribution in [2.24, 2.45) is 5.73 Å². The molecule has 0 aliphatic heterocycles. The van der Waals surface area contributed by atoms with Crippen molar-refractivity contribution in [1.82, 2.24) is 4.98 Å². The van der Waals surface area contributed by atoms with Gasteiger partial charge in [-0.2, -0.15) is 0 Å². The van der Waals surface area contributed by atoms with E-state index in [0.29, 0.717) is 0 Å². The number of fused-ring (bicyclic) bond motifs is 1. The van der Waals surface area contributed by atoms with Crippen molar-refractivity contribution in [2.75, 3.05) is 11.9 Å². The fourth-order valence-electron chi connectivity index (χ4n) is 1.24. The second kappa shape index (κ2) is 3.67. The summed E-state index contributed by atoms with van der Waals surface area (Å²) in [5.41, 5.74) is 8.30. The third kappa shape index (κ3) is 1.85. The van der Waals surface area contributed by atoms with E-state index in [0.717, 1.165) is 23.3 Å². The second-order valence-corrected chi connectivity index (χ2v) is 3.39. The highest BCUT2D eigenvalue weighted by Crippen LogP contribution is 2.17. The van der Waals surface area contributed by atoms with Crippen molar-refractivity contribution in [1.29, 1.82) is 0 Å². The highest BCUT2D eigenvalue weighted by Gasteiger charge is 2.00. The Morgan fingerprint density at radius 3 is 3.21 bits per heavy atom. The summed E-state index contributed by atoms with van der Waals surface area (Å²) in [6.07, 6.45) is 1.44. The number of nitrogens with two attached hydrogens (primary N) is 1. The zero-order valence-corrected chi connectivity index (χ0v) is 8.03. The summed E-state index contributed by atoms with van der Waals surface area (Å²) in [5.74, 6) is 0. The van der Waals surface area contributed by atoms with Crippen LogP contribution in [0.5, 0.6) is 0 Å². The Kier molecular flexibility index (Phi) is 2.37. The zero-order valence-electron chi connectivity index (χ0n) is 8.03. The van der Waals surface area contributed by atoms with Crippen molar-refractivity contribution in [3.63, 3.8) is 0 Å². The first kappa shape index (κ1) is 9.02. The molecule has 0 aliphatic carbocycles. The molecule has 1 unspecified atom stereocenters. The van der Waals surface area contributed by atoms with Gasteiger partial charge in [-0.05, 0) is 19.1 Å². The second-order valence-electron chi connectivity index (χ2n) is 3.39. The summed E-state index contributed by atoms with van der Waals surface area (Å²) >= 11 is 0. The summed E-state index contributed by atoms with van der Waals surface area (Å²) in [5, 5.41) is 3.21. The first-order valence-electron chi connectivity index (χ1n) is 4.58. The van der Waals surface area contributed by atoms with Gasteiger partial charge in [0.1, 0.15) is 5.52 Å². The van der Waals surface area contributed by atoms with Crippen LogP contribution in [0.3, 0.4) is 0 Å². The van der Waals surface area contributed by atoms with Gasteiger partial charge in [-0.1, -0.05) is 0 Å². The van der Waals surface area contributed by atoms with Crippen molar-refractivity contribution in [3.8, 4) is 0 Å². The molecule has 0 aliphatic rings. The number of nitrogens with zero attached hydrogens (tertiary/aromatic N) is 1. The third-order valence-electron chi connectivity index (χ3n) is 1.96. The zero-order chi connectivity index (χ0) is 9.97. The fraction of sp³-hybridized carbons (Fsp3) is 0.300. The molecule has 0 spiro atoms. The predicted octanol–water partition coefficient (Wildman–Crippen LogP) is 1.59. The van der Waals surface area contributed by atoms with Crippen molar-refractivity contribution >= 4 is 16.8 Å². The average molecular weight is 191 g/mol. The number of rotatable bonds is 3. The maximum Gasteiger partial charge on any atom is 0.181 e. The lowest BCUT2D eigenvalue weighted by Gasteiger charge is -2.08. The van der Waals surface area contributed by atoms with Gasteiger partial charge in [-0.3, -0.25) is 0 Å². The Labute approximate surface area is 82.1 Å². The molecular weight excluding hydrogens is 178 g/mol. The molecular formula is C10H13N3O. The van der Waals surface area contributed by atoms with Gasteiger partial charge >= 0.3 is 0 Å². The van der Waals surface area contributed by atoms with Crippen LogP contribution in [0.15, 0.2) is 29.0 Å². The van der Waals surface area contributed by atoms with Crippen LogP contribution in [0.4, 0.5) is 5.69 Å². The largest absolute Gasteiger partial charge is 0.443 e. The summed E-state index contributed by atoms with van der Waals surface area (Å²) in [7, 11) is 0. The first-order chi connectivity index (χ1) is 6.75. The maximum absolute atomic E-state index is 5.63. The highest BCUT2D eigenvalue weighted by molar-refractivity contribution is 5.76. The molecule has 0 saturated heterocycles. The Morgan fingerprint density at radius 2 is 2.43 bits per heavy atom. The van der Waals surface area contributed by atoms with E-state index < -0.39 is 0 Å². The number of benzene rings is 1. The molecule has 0 saturated carbocycles. The van der Waals surface area contributed by atoms with E-state index in [-0.39, 0.29) is 6.04 Å². The van der Waals surface area contributed by atoms with Gasteiger partial charge in [-0.25, -0.2) is 4.98 Å². The van der Waals surface area contributed by atoms with Gasteiger partial charge in [0.2, 0.25) is 0 Å². The minimum absolute atomic E-state index is 0.139. The molecule has 4 heteroatoms. The SMILES string of the molecule is CC(N)CNc1ccc2ncoc2c1. The summed E-state index contributed by atoms with van der Waals surface area (Å²) in [6, 6.07) is 5.95. The number of hydrogen-bond acceptors (Lipinski definition) is 4. The van der Waals surface area contributed by atoms with Crippen LogP contribution in [0.2, 0.25) is 0 Å². The van der Waals surface area contributed by atoms with Gasteiger partial charge < -0.3 is 15.5 Å². The monoisotopic (exact) mass is 191 g/mol. The van der Waals surface area contributed by atoms with E-state index in [1.165, 1.54) is 6.39 Å². The molecule has 1 aromatic heterocycles. The lowest BCUT2D eigenvalue weighted by atomic mass is 10.2. The number of anilines is 1. The quantitative estimate of drug-likeness (QED) is 0.773. The van der Waals surface area contributed by atoms with Crippen LogP contribution in [-0.4, -0.2) is 17.6 Å². The number of oxazole rings is 1. The molecule has 1 atom stereocenters. The molecule has 74 valence electrons. The molecule has 2 rings (SSSR count). The van der Waals surface area contributed by atoms with Gasteiger partial charge in [0.15, 0.2) is 12.0 Å². The number of aromatic nitrogens is 1. The van der Waals surface area contributed by atoms with Crippen LogP contribution >= 0.6 is 0 Å². The Hall–Kier alpha value is -1.55. The maximum atomic E-state index is 5.63. The standard InChI is InChI=1S/C10H13N3O/c1-7(11)5-12-8-2-3-9-10(4-8)14-6-13-9/h2-4,6-7,12H,5,11H2,1H3. The van der Waals surface area contributed by atoms with E-state index in [2.05, 4.69) is 10.3 Å². The van der Waals surface area contributed by atoms with Crippen LogP contribution in [0, 0.1) is 0 Å². The summed E-state index contributed by atoms with van der Waals surface area (Å²) in [6.45, 7) is 2.71. The van der Waals surface area contributed by atoms with E-state index >= 15 is 0 Å². The van der Waals surface area contributed by atoms with E-state index in [1.807, 2.05) is 25.1 Å². The smallest absolute Gasteiger partial charge is 0.181 e. The normalized spacial score (nSPS) is 13.0. The average Bonchev–Trinajstić information content (AvgIpc) is 2.61. The van der Waals surface area contributed by atoms with Gasteiger partial charge in [0, 0.05) is 24.3 Å². The molecule has 4 nitrogen and oxygen atoms in total. The molecule has 1 aromatic carbocycles. The lowest BCUT2D eigenvalue weighted by molar-refractivity contribution is 0.602. The molecule has 14 heavy (non-hydrogen) atoms. The fourth-order valence-corrected chi connectivity index (χ4v) is 1.24. The Balaban J connectivity index is 2.17. The molecule has 2 aromatic rings. The van der Waals surface area contributed by atoms with Crippen molar-refractivity contribution in [3.05, 3.63) is 24.6 Å². The molecule has 1 heterocycles. The van der Waals surface area contributed by atoms with Gasteiger partial charge in [0.05, 0.1) is 0 Å². The molecule has 0 radical (unpaired) electrons. The number of hydrogen-bond donors (Lipinski definition) is 2. The number of nitrogens with one attached hydrogen (secondary N) is 1. The topological polar surface area (TPSA) is 64.1 Å². The van der Waals surface area contributed by atoms with Gasteiger partial charge in [-0.15, -0.1) is 0 Å². The lowest BCUT2D eigenvalue weighted by Crippen LogP contribution is -2.25.